The standard InChI is InChI=1S/C15H23NO2/c1-3-12-6-4-5-7-15(12)18-11-14(16-2)13-8-9-17-10-13/h4-7,13-14,16H,3,8-11H2,1-2H3. The van der Waals surface area contributed by atoms with Crippen LogP contribution in [-0.4, -0.2) is 32.9 Å². The van der Waals surface area contributed by atoms with E-state index in [4.69, 9.17) is 9.47 Å². The molecule has 2 unspecified atom stereocenters. The molecule has 3 nitrogen and oxygen atoms in total. The fraction of sp³-hybridized carbons (Fsp3) is 0.600. The Morgan fingerprint density at radius 2 is 2.28 bits per heavy atom. The minimum Gasteiger partial charge on any atom is -0.492 e. The maximum Gasteiger partial charge on any atom is 0.122 e. The molecule has 100 valence electrons. The second-order valence-electron chi connectivity index (χ2n) is 4.79. The first-order chi connectivity index (χ1) is 8.85. The third-order valence-electron chi connectivity index (χ3n) is 3.68. The van der Waals surface area contributed by atoms with Crippen LogP contribution in [0.15, 0.2) is 24.3 Å². The lowest BCUT2D eigenvalue weighted by Gasteiger charge is -2.22. The molecule has 1 aromatic carbocycles. The molecule has 2 rings (SSSR count). The minimum atomic E-state index is 0.373. The normalized spacial score (nSPS) is 20.9. The van der Waals surface area contributed by atoms with Gasteiger partial charge in [0, 0.05) is 18.6 Å². The highest BCUT2D eigenvalue weighted by Gasteiger charge is 2.25. The number of benzene rings is 1. The van der Waals surface area contributed by atoms with Crippen molar-refractivity contribution in [2.75, 3.05) is 26.9 Å². The molecule has 18 heavy (non-hydrogen) atoms. The highest BCUT2D eigenvalue weighted by atomic mass is 16.5. The maximum atomic E-state index is 5.98. The molecule has 0 bridgehead atoms. The largest absolute Gasteiger partial charge is 0.492 e. The van der Waals surface area contributed by atoms with Crippen LogP contribution in [0.4, 0.5) is 0 Å². The number of nitrogens with one attached hydrogen (secondary N) is 1. The first kappa shape index (κ1) is 13.4. The smallest absolute Gasteiger partial charge is 0.122 e. The zero-order valence-electron chi connectivity index (χ0n) is 11.3. The minimum absolute atomic E-state index is 0.373. The molecule has 3 heteroatoms. The van der Waals surface area contributed by atoms with E-state index in [9.17, 15) is 0 Å². The predicted octanol–water partition coefficient (Wildman–Crippen LogP) is 2.25. The van der Waals surface area contributed by atoms with Gasteiger partial charge in [-0.15, -0.1) is 0 Å². The zero-order chi connectivity index (χ0) is 12.8. The molecule has 2 atom stereocenters. The highest BCUT2D eigenvalue weighted by molar-refractivity contribution is 5.33. The van der Waals surface area contributed by atoms with E-state index in [2.05, 4.69) is 30.4 Å². The van der Waals surface area contributed by atoms with Crippen molar-refractivity contribution in [1.29, 1.82) is 0 Å². The van der Waals surface area contributed by atoms with Gasteiger partial charge < -0.3 is 14.8 Å². The van der Waals surface area contributed by atoms with Crippen LogP contribution in [0.1, 0.15) is 18.9 Å². The number of aryl methyl sites for hydroxylation is 1. The van der Waals surface area contributed by atoms with Crippen LogP contribution in [0.3, 0.4) is 0 Å². The van der Waals surface area contributed by atoms with Crippen LogP contribution < -0.4 is 10.1 Å². The van der Waals surface area contributed by atoms with Gasteiger partial charge in [0.1, 0.15) is 12.4 Å². The van der Waals surface area contributed by atoms with E-state index < -0.39 is 0 Å². The topological polar surface area (TPSA) is 30.5 Å². The lowest BCUT2D eigenvalue weighted by atomic mass is 10.00. The number of hydrogen-bond acceptors (Lipinski definition) is 3. The molecule has 0 radical (unpaired) electrons. The summed E-state index contributed by atoms with van der Waals surface area (Å²) in [5.41, 5.74) is 1.27. The molecule has 0 aliphatic carbocycles. The predicted molar refractivity (Wildman–Crippen MR) is 73.1 cm³/mol. The Labute approximate surface area is 109 Å². The Bertz CT molecular complexity index is 361. The van der Waals surface area contributed by atoms with Gasteiger partial charge in [-0.05, 0) is 31.5 Å². The van der Waals surface area contributed by atoms with Gasteiger partial charge in [0.25, 0.3) is 0 Å². The molecule has 1 aliphatic rings. The number of likely N-dealkylation sites (N-methyl/N-ethyl adjacent to an activating group) is 1. The van der Waals surface area contributed by atoms with Gasteiger partial charge in [-0.25, -0.2) is 0 Å². The van der Waals surface area contributed by atoms with Crippen LogP contribution in [0, 0.1) is 5.92 Å². The zero-order valence-corrected chi connectivity index (χ0v) is 11.3. The Balaban J connectivity index is 1.92. The maximum absolute atomic E-state index is 5.98. The van der Waals surface area contributed by atoms with Crippen molar-refractivity contribution in [3.05, 3.63) is 29.8 Å². The van der Waals surface area contributed by atoms with E-state index in [0.717, 1.165) is 31.8 Å². The third-order valence-corrected chi connectivity index (χ3v) is 3.68. The number of hydrogen-bond donors (Lipinski definition) is 1. The Morgan fingerprint density at radius 1 is 1.44 bits per heavy atom. The van der Waals surface area contributed by atoms with Gasteiger partial charge in [-0.2, -0.15) is 0 Å². The van der Waals surface area contributed by atoms with Crippen molar-refractivity contribution in [3.63, 3.8) is 0 Å². The van der Waals surface area contributed by atoms with E-state index >= 15 is 0 Å². The van der Waals surface area contributed by atoms with Crippen molar-refractivity contribution in [2.24, 2.45) is 5.92 Å². The average Bonchev–Trinajstić information content (AvgIpc) is 2.94. The Morgan fingerprint density at radius 3 is 2.94 bits per heavy atom. The monoisotopic (exact) mass is 249 g/mol. The molecule has 1 N–H and O–H groups in total. The molecule has 1 fully saturated rings. The van der Waals surface area contributed by atoms with E-state index in [0.29, 0.717) is 18.6 Å². The van der Waals surface area contributed by atoms with Gasteiger partial charge in [0.05, 0.1) is 6.61 Å². The summed E-state index contributed by atoms with van der Waals surface area (Å²) in [6.45, 7) is 4.60. The number of ether oxygens (including phenoxy) is 2. The molecule has 1 saturated heterocycles. The van der Waals surface area contributed by atoms with Crippen molar-refractivity contribution < 1.29 is 9.47 Å². The van der Waals surface area contributed by atoms with Gasteiger partial charge in [-0.3, -0.25) is 0 Å². The van der Waals surface area contributed by atoms with E-state index in [1.807, 2.05) is 13.1 Å². The fourth-order valence-electron chi connectivity index (χ4n) is 2.44. The van der Waals surface area contributed by atoms with Crippen LogP contribution >= 0.6 is 0 Å². The summed E-state index contributed by atoms with van der Waals surface area (Å²) in [6.07, 6.45) is 2.14. The molecule has 0 amide bonds. The molecule has 1 aliphatic heterocycles. The van der Waals surface area contributed by atoms with Crippen molar-refractivity contribution in [2.45, 2.75) is 25.8 Å². The first-order valence-electron chi connectivity index (χ1n) is 6.80. The number of para-hydroxylation sites is 1. The van der Waals surface area contributed by atoms with Crippen molar-refractivity contribution in [3.8, 4) is 5.75 Å². The quantitative estimate of drug-likeness (QED) is 0.839. The van der Waals surface area contributed by atoms with Crippen LogP contribution in [0.25, 0.3) is 0 Å². The SMILES string of the molecule is CCc1ccccc1OCC(NC)C1CCOC1. The summed E-state index contributed by atoms with van der Waals surface area (Å²) in [5.74, 6) is 1.59. The molecule has 0 aromatic heterocycles. The van der Waals surface area contributed by atoms with Gasteiger partial charge in [0.2, 0.25) is 0 Å². The van der Waals surface area contributed by atoms with Gasteiger partial charge in [-0.1, -0.05) is 25.1 Å². The number of rotatable bonds is 6. The summed E-state index contributed by atoms with van der Waals surface area (Å²) in [4.78, 5) is 0. The molecule has 1 aromatic rings. The Kier molecular flexibility index (Phi) is 5.02. The fourth-order valence-corrected chi connectivity index (χ4v) is 2.44. The van der Waals surface area contributed by atoms with Crippen molar-refractivity contribution >= 4 is 0 Å². The molecule has 0 spiro atoms. The molecular weight excluding hydrogens is 226 g/mol. The molecule has 0 saturated carbocycles. The van der Waals surface area contributed by atoms with E-state index in [1.54, 1.807) is 0 Å². The van der Waals surface area contributed by atoms with Crippen LogP contribution in [0.2, 0.25) is 0 Å². The lowest BCUT2D eigenvalue weighted by Crippen LogP contribution is -2.39. The first-order valence-corrected chi connectivity index (χ1v) is 6.80. The van der Waals surface area contributed by atoms with Crippen LogP contribution in [-0.2, 0) is 11.2 Å². The molecule has 1 heterocycles. The van der Waals surface area contributed by atoms with Gasteiger partial charge in [0.15, 0.2) is 0 Å². The lowest BCUT2D eigenvalue weighted by molar-refractivity contribution is 0.162. The highest BCUT2D eigenvalue weighted by Crippen LogP contribution is 2.21. The third kappa shape index (κ3) is 3.24. The Hall–Kier alpha value is -1.06. The van der Waals surface area contributed by atoms with E-state index in [1.165, 1.54) is 5.56 Å². The summed E-state index contributed by atoms with van der Waals surface area (Å²) in [5, 5.41) is 3.35. The van der Waals surface area contributed by atoms with Crippen LogP contribution in [0.5, 0.6) is 5.75 Å². The summed E-state index contributed by atoms with van der Waals surface area (Å²) in [7, 11) is 2.00. The second kappa shape index (κ2) is 6.76. The van der Waals surface area contributed by atoms with Crippen molar-refractivity contribution in [1.82, 2.24) is 5.32 Å². The summed E-state index contributed by atoms with van der Waals surface area (Å²) >= 11 is 0. The summed E-state index contributed by atoms with van der Waals surface area (Å²) in [6, 6.07) is 8.64. The second-order valence-corrected chi connectivity index (χ2v) is 4.79. The average molecular weight is 249 g/mol. The van der Waals surface area contributed by atoms with E-state index in [-0.39, 0.29) is 0 Å². The van der Waals surface area contributed by atoms with Gasteiger partial charge >= 0.3 is 0 Å². The summed E-state index contributed by atoms with van der Waals surface area (Å²) < 4.78 is 11.4. The molecular formula is C15H23NO2.